The minimum atomic E-state index is -0.183. The molecule has 0 bridgehead atoms. The highest BCUT2D eigenvalue weighted by molar-refractivity contribution is 6.06. The van der Waals surface area contributed by atoms with Gasteiger partial charge in [-0.25, -0.2) is 0 Å². The van der Waals surface area contributed by atoms with Crippen molar-refractivity contribution >= 4 is 22.5 Å². The Morgan fingerprint density at radius 1 is 0.862 bits per heavy atom. The van der Waals surface area contributed by atoms with E-state index in [0.29, 0.717) is 11.1 Å². The number of hydrogen-bond acceptors (Lipinski definition) is 2. The van der Waals surface area contributed by atoms with Gasteiger partial charge in [0.25, 0.3) is 11.5 Å². The Kier molecular flexibility index (Phi) is 5.00. The Labute approximate surface area is 169 Å². The third kappa shape index (κ3) is 3.97. The number of para-hydroxylation sites is 1. The number of aryl methyl sites for hydroxylation is 2. The number of aromatic amines is 1. The Bertz CT molecular complexity index is 1220. The first kappa shape index (κ1) is 18.7. The van der Waals surface area contributed by atoms with E-state index in [-0.39, 0.29) is 18.0 Å². The smallest absolute Gasteiger partial charge is 0.258 e. The summed E-state index contributed by atoms with van der Waals surface area (Å²) in [4.78, 5) is 30.6. The maximum atomic E-state index is 13.3. The van der Waals surface area contributed by atoms with E-state index in [2.05, 4.69) is 4.98 Å². The summed E-state index contributed by atoms with van der Waals surface area (Å²) in [5.74, 6) is -0.138. The van der Waals surface area contributed by atoms with Gasteiger partial charge in [0.05, 0.1) is 6.54 Å². The number of pyridine rings is 1. The molecule has 4 rings (SSSR count). The third-order valence-corrected chi connectivity index (χ3v) is 5.05. The largest absolute Gasteiger partial charge is 0.322 e. The molecule has 1 amide bonds. The molecular formula is C25H22N2O2. The van der Waals surface area contributed by atoms with Crippen molar-refractivity contribution in [2.24, 2.45) is 0 Å². The van der Waals surface area contributed by atoms with Gasteiger partial charge in [-0.3, -0.25) is 9.59 Å². The van der Waals surface area contributed by atoms with Crippen molar-refractivity contribution in [3.63, 3.8) is 0 Å². The molecule has 144 valence electrons. The van der Waals surface area contributed by atoms with Crippen LogP contribution in [0.2, 0.25) is 0 Å². The van der Waals surface area contributed by atoms with Crippen molar-refractivity contribution < 1.29 is 4.79 Å². The van der Waals surface area contributed by atoms with Crippen LogP contribution >= 0.6 is 0 Å². The second-order valence-corrected chi connectivity index (χ2v) is 7.30. The van der Waals surface area contributed by atoms with Crippen LogP contribution < -0.4 is 10.5 Å². The van der Waals surface area contributed by atoms with E-state index >= 15 is 0 Å². The number of aromatic nitrogens is 1. The maximum Gasteiger partial charge on any atom is 0.258 e. The Morgan fingerprint density at radius 3 is 2.17 bits per heavy atom. The second-order valence-electron chi connectivity index (χ2n) is 7.30. The number of carbonyl (C=O) groups excluding carboxylic acids is 1. The van der Waals surface area contributed by atoms with E-state index in [1.807, 2.05) is 92.7 Å². The Balaban J connectivity index is 1.77. The van der Waals surface area contributed by atoms with E-state index in [0.717, 1.165) is 27.7 Å². The normalized spacial score (nSPS) is 10.8. The van der Waals surface area contributed by atoms with Crippen molar-refractivity contribution in [2.75, 3.05) is 4.90 Å². The molecule has 1 N–H and O–H groups in total. The average molecular weight is 382 g/mol. The lowest BCUT2D eigenvalue weighted by Crippen LogP contribution is -2.32. The van der Waals surface area contributed by atoms with Crippen molar-refractivity contribution in [1.29, 1.82) is 0 Å². The molecule has 0 unspecified atom stereocenters. The van der Waals surface area contributed by atoms with E-state index in [9.17, 15) is 9.59 Å². The standard InChI is InChI=1S/C25H22N2O2/c1-17-7-11-19(12-8-17)25(29)27(22-13-9-18(2)10-14-22)16-21-15-20-5-3-4-6-23(20)26-24(21)28/h3-15H,16H2,1-2H3,(H,26,28). The minimum Gasteiger partial charge on any atom is -0.322 e. The molecule has 0 aliphatic rings. The monoisotopic (exact) mass is 382 g/mol. The van der Waals surface area contributed by atoms with Gasteiger partial charge in [0, 0.05) is 22.3 Å². The van der Waals surface area contributed by atoms with Crippen LogP contribution in [0.5, 0.6) is 0 Å². The number of rotatable bonds is 4. The summed E-state index contributed by atoms with van der Waals surface area (Å²) in [6.07, 6.45) is 0. The molecule has 0 aliphatic carbocycles. The molecule has 4 nitrogen and oxygen atoms in total. The number of benzene rings is 3. The van der Waals surface area contributed by atoms with Gasteiger partial charge in [0.2, 0.25) is 0 Å². The van der Waals surface area contributed by atoms with Crippen molar-refractivity contribution in [1.82, 2.24) is 4.98 Å². The molecule has 0 radical (unpaired) electrons. The van der Waals surface area contributed by atoms with Gasteiger partial charge in [0.1, 0.15) is 0 Å². The summed E-state index contributed by atoms with van der Waals surface area (Å²) >= 11 is 0. The lowest BCUT2D eigenvalue weighted by Gasteiger charge is -2.23. The molecule has 3 aromatic carbocycles. The second kappa shape index (κ2) is 7.76. The van der Waals surface area contributed by atoms with Crippen LogP contribution in [0.4, 0.5) is 5.69 Å². The summed E-state index contributed by atoms with van der Waals surface area (Å²) in [7, 11) is 0. The molecule has 4 heteroatoms. The van der Waals surface area contributed by atoms with Crippen LogP contribution in [0.15, 0.2) is 83.7 Å². The number of anilines is 1. The zero-order valence-corrected chi connectivity index (χ0v) is 16.5. The summed E-state index contributed by atoms with van der Waals surface area (Å²) in [5.41, 5.74) is 4.70. The van der Waals surface area contributed by atoms with Crippen LogP contribution in [0, 0.1) is 13.8 Å². The SMILES string of the molecule is Cc1ccc(C(=O)N(Cc2cc3ccccc3[nH]c2=O)c2ccc(C)cc2)cc1. The van der Waals surface area contributed by atoms with Gasteiger partial charge >= 0.3 is 0 Å². The average Bonchev–Trinajstić information content (AvgIpc) is 2.73. The van der Waals surface area contributed by atoms with Crippen LogP contribution in [-0.2, 0) is 6.54 Å². The van der Waals surface area contributed by atoms with Gasteiger partial charge in [-0.1, -0.05) is 53.6 Å². The molecule has 4 aromatic rings. The van der Waals surface area contributed by atoms with Gasteiger partial charge in [-0.15, -0.1) is 0 Å². The molecular weight excluding hydrogens is 360 g/mol. The molecule has 0 spiro atoms. The first-order valence-corrected chi connectivity index (χ1v) is 9.57. The zero-order chi connectivity index (χ0) is 20.4. The van der Waals surface area contributed by atoms with E-state index in [4.69, 9.17) is 0 Å². The van der Waals surface area contributed by atoms with E-state index in [1.165, 1.54) is 0 Å². The summed E-state index contributed by atoms with van der Waals surface area (Å²) in [6, 6.07) is 24.7. The first-order valence-electron chi connectivity index (χ1n) is 9.57. The molecule has 0 aliphatic heterocycles. The van der Waals surface area contributed by atoms with Gasteiger partial charge in [-0.2, -0.15) is 0 Å². The molecule has 0 saturated carbocycles. The number of fused-ring (bicyclic) bond motifs is 1. The summed E-state index contributed by atoms with van der Waals surface area (Å²) in [6.45, 7) is 4.18. The van der Waals surface area contributed by atoms with E-state index in [1.54, 1.807) is 4.90 Å². The number of amides is 1. The molecule has 0 atom stereocenters. The fourth-order valence-electron chi connectivity index (χ4n) is 3.34. The highest BCUT2D eigenvalue weighted by Gasteiger charge is 2.20. The van der Waals surface area contributed by atoms with Crippen LogP contribution in [0.1, 0.15) is 27.0 Å². The molecule has 1 heterocycles. The fourth-order valence-corrected chi connectivity index (χ4v) is 3.34. The molecule has 1 aromatic heterocycles. The maximum absolute atomic E-state index is 13.3. The lowest BCUT2D eigenvalue weighted by molar-refractivity contribution is 0.0985. The number of nitrogens with one attached hydrogen (secondary N) is 1. The fraction of sp³-hybridized carbons (Fsp3) is 0.120. The first-order chi connectivity index (χ1) is 14.0. The molecule has 0 saturated heterocycles. The predicted molar refractivity (Wildman–Crippen MR) is 117 cm³/mol. The third-order valence-electron chi connectivity index (χ3n) is 5.05. The minimum absolute atomic E-state index is 0.138. The highest BCUT2D eigenvalue weighted by atomic mass is 16.2. The van der Waals surface area contributed by atoms with Crippen LogP contribution in [0.25, 0.3) is 10.9 Å². The zero-order valence-electron chi connectivity index (χ0n) is 16.5. The highest BCUT2D eigenvalue weighted by Crippen LogP contribution is 2.21. The number of hydrogen-bond donors (Lipinski definition) is 1. The van der Waals surface area contributed by atoms with Crippen molar-refractivity contribution in [3.05, 3.63) is 111 Å². The Hall–Kier alpha value is -3.66. The summed E-state index contributed by atoms with van der Waals surface area (Å²) < 4.78 is 0. The van der Waals surface area contributed by atoms with Crippen LogP contribution in [-0.4, -0.2) is 10.9 Å². The van der Waals surface area contributed by atoms with Crippen LogP contribution in [0.3, 0.4) is 0 Å². The lowest BCUT2D eigenvalue weighted by atomic mass is 10.1. The van der Waals surface area contributed by atoms with E-state index < -0.39 is 0 Å². The van der Waals surface area contributed by atoms with Crippen molar-refractivity contribution in [2.45, 2.75) is 20.4 Å². The van der Waals surface area contributed by atoms with Gasteiger partial charge < -0.3 is 9.88 Å². The topological polar surface area (TPSA) is 53.2 Å². The predicted octanol–water partition coefficient (Wildman–Crippen LogP) is 4.99. The number of H-pyrrole nitrogens is 1. The van der Waals surface area contributed by atoms with Crippen molar-refractivity contribution in [3.8, 4) is 0 Å². The molecule has 29 heavy (non-hydrogen) atoms. The van der Waals surface area contributed by atoms with Gasteiger partial charge in [0.15, 0.2) is 0 Å². The quantitative estimate of drug-likeness (QED) is 0.540. The number of nitrogens with zero attached hydrogens (tertiary/aromatic N) is 1. The van der Waals surface area contributed by atoms with Gasteiger partial charge in [-0.05, 0) is 55.6 Å². The number of carbonyl (C=O) groups is 1. The summed E-state index contributed by atoms with van der Waals surface area (Å²) in [5, 5.41) is 0.939. The Morgan fingerprint density at radius 2 is 1.48 bits per heavy atom. The molecule has 0 fully saturated rings.